The van der Waals surface area contributed by atoms with Gasteiger partial charge in [0.25, 0.3) is 10.0 Å². The summed E-state index contributed by atoms with van der Waals surface area (Å²) >= 11 is 3.23. The molecular formula is C12H12BrNO3S. The molecule has 4 nitrogen and oxygen atoms in total. The minimum Gasteiger partial charge on any atom is -0.273 e. The van der Waals surface area contributed by atoms with E-state index in [1.807, 2.05) is 6.08 Å². The highest BCUT2D eigenvalue weighted by Gasteiger charge is 2.24. The highest BCUT2D eigenvalue weighted by atomic mass is 79.9. The first-order valence-corrected chi connectivity index (χ1v) is 7.75. The zero-order valence-corrected chi connectivity index (χ0v) is 11.9. The molecule has 18 heavy (non-hydrogen) atoms. The number of nitrogens with one attached hydrogen (secondary N) is 1. The molecule has 0 bridgehead atoms. The zero-order valence-electron chi connectivity index (χ0n) is 9.47. The normalized spacial score (nSPS) is 18.8. The number of benzene rings is 1. The SMILES string of the molecule is O=C(NS(=O)(=O)c1ccc(Br)cc1)C1C=CCC1. The van der Waals surface area contributed by atoms with Crippen LogP contribution in [0.15, 0.2) is 45.8 Å². The third-order valence-corrected chi connectivity index (χ3v) is 4.60. The summed E-state index contributed by atoms with van der Waals surface area (Å²) in [5.74, 6) is -0.804. The van der Waals surface area contributed by atoms with Gasteiger partial charge in [0.1, 0.15) is 0 Å². The molecular weight excluding hydrogens is 318 g/mol. The predicted octanol–water partition coefficient (Wildman–Crippen LogP) is 2.22. The van der Waals surface area contributed by atoms with Gasteiger partial charge >= 0.3 is 0 Å². The van der Waals surface area contributed by atoms with Crippen LogP contribution in [0, 0.1) is 5.92 Å². The molecule has 0 aromatic heterocycles. The summed E-state index contributed by atoms with van der Waals surface area (Å²) in [6.07, 6.45) is 5.11. The van der Waals surface area contributed by atoms with E-state index < -0.39 is 15.9 Å². The highest BCUT2D eigenvalue weighted by molar-refractivity contribution is 9.10. The van der Waals surface area contributed by atoms with Crippen LogP contribution in [0.4, 0.5) is 0 Å². The molecule has 0 radical (unpaired) electrons. The van der Waals surface area contributed by atoms with Gasteiger partial charge in [-0.05, 0) is 37.1 Å². The number of sulfonamides is 1. The first-order chi connectivity index (χ1) is 8.49. The number of carbonyl (C=O) groups excluding carboxylic acids is 1. The second kappa shape index (κ2) is 5.24. The molecule has 0 saturated heterocycles. The molecule has 96 valence electrons. The average Bonchev–Trinajstić information content (AvgIpc) is 2.82. The molecule has 1 aliphatic rings. The number of carbonyl (C=O) groups is 1. The van der Waals surface area contributed by atoms with Crippen molar-refractivity contribution in [3.63, 3.8) is 0 Å². The van der Waals surface area contributed by atoms with Crippen LogP contribution in [0.2, 0.25) is 0 Å². The molecule has 0 aliphatic heterocycles. The highest BCUT2D eigenvalue weighted by Crippen LogP contribution is 2.19. The summed E-state index contributed by atoms with van der Waals surface area (Å²) in [6.45, 7) is 0. The lowest BCUT2D eigenvalue weighted by Crippen LogP contribution is -2.34. The number of rotatable bonds is 3. The van der Waals surface area contributed by atoms with Gasteiger partial charge < -0.3 is 0 Å². The smallest absolute Gasteiger partial charge is 0.264 e. The second-order valence-electron chi connectivity index (χ2n) is 4.04. The van der Waals surface area contributed by atoms with Gasteiger partial charge in [0, 0.05) is 4.47 Å². The van der Waals surface area contributed by atoms with E-state index in [4.69, 9.17) is 0 Å². The van der Waals surface area contributed by atoms with E-state index in [1.54, 1.807) is 18.2 Å². The summed E-state index contributed by atoms with van der Waals surface area (Å²) in [4.78, 5) is 11.8. The van der Waals surface area contributed by atoms with E-state index in [0.29, 0.717) is 6.42 Å². The Hall–Kier alpha value is -1.14. The van der Waals surface area contributed by atoms with Crippen molar-refractivity contribution in [2.45, 2.75) is 17.7 Å². The quantitative estimate of drug-likeness (QED) is 0.865. The minimum atomic E-state index is -3.77. The van der Waals surface area contributed by atoms with Gasteiger partial charge in [-0.25, -0.2) is 13.1 Å². The molecule has 1 aliphatic carbocycles. The van der Waals surface area contributed by atoms with Crippen LogP contribution >= 0.6 is 15.9 Å². The number of hydrogen-bond acceptors (Lipinski definition) is 3. The Morgan fingerprint density at radius 1 is 1.28 bits per heavy atom. The third kappa shape index (κ3) is 3.00. The number of hydrogen-bond donors (Lipinski definition) is 1. The molecule has 1 unspecified atom stereocenters. The summed E-state index contributed by atoms with van der Waals surface area (Å²) in [6, 6.07) is 6.14. The van der Waals surface area contributed by atoms with Crippen LogP contribution < -0.4 is 4.72 Å². The Morgan fingerprint density at radius 3 is 2.50 bits per heavy atom. The van der Waals surface area contributed by atoms with Crippen molar-refractivity contribution in [3.8, 4) is 0 Å². The second-order valence-corrected chi connectivity index (χ2v) is 6.63. The van der Waals surface area contributed by atoms with E-state index in [0.717, 1.165) is 10.9 Å². The molecule has 1 atom stereocenters. The van der Waals surface area contributed by atoms with Crippen LogP contribution in [0.25, 0.3) is 0 Å². The molecule has 1 aromatic carbocycles. The van der Waals surface area contributed by atoms with E-state index in [9.17, 15) is 13.2 Å². The standard InChI is InChI=1S/C12H12BrNO3S/c13-10-5-7-11(8-6-10)18(16,17)14-12(15)9-3-1-2-4-9/h1,3,5-9H,2,4H2,(H,14,15). The van der Waals surface area contributed by atoms with Gasteiger partial charge in [0.2, 0.25) is 5.91 Å². The van der Waals surface area contributed by atoms with Crippen LogP contribution in [-0.4, -0.2) is 14.3 Å². The molecule has 0 spiro atoms. The molecule has 2 rings (SSSR count). The van der Waals surface area contributed by atoms with Crippen molar-refractivity contribution < 1.29 is 13.2 Å². The van der Waals surface area contributed by atoms with E-state index in [2.05, 4.69) is 20.7 Å². The molecule has 0 heterocycles. The van der Waals surface area contributed by atoms with Crippen molar-refractivity contribution in [1.29, 1.82) is 0 Å². The van der Waals surface area contributed by atoms with Crippen LogP contribution in [0.3, 0.4) is 0 Å². The lowest BCUT2D eigenvalue weighted by atomic mass is 10.1. The van der Waals surface area contributed by atoms with Crippen molar-refractivity contribution in [2.24, 2.45) is 5.92 Å². The molecule has 1 aromatic rings. The summed E-state index contributed by atoms with van der Waals surface area (Å²) in [5.41, 5.74) is 0. The largest absolute Gasteiger partial charge is 0.273 e. The Labute approximate surface area is 114 Å². The fraction of sp³-hybridized carbons (Fsp3) is 0.250. The van der Waals surface area contributed by atoms with Crippen LogP contribution in [-0.2, 0) is 14.8 Å². The van der Waals surface area contributed by atoms with Crippen molar-refractivity contribution >= 4 is 31.9 Å². The number of halogens is 1. The maximum Gasteiger partial charge on any atom is 0.264 e. The van der Waals surface area contributed by atoms with Gasteiger partial charge in [-0.15, -0.1) is 0 Å². The Balaban J connectivity index is 2.14. The summed E-state index contributed by atoms with van der Waals surface area (Å²) in [7, 11) is -3.77. The topological polar surface area (TPSA) is 63.2 Å². The van der Waals surface area contributed by atoms with Gasteiger partial charge in [0.15, 0.2) is 0 Å². The van der Waals surface area contributed by atoms with E-state index >= 15 is 0 Å². The first-order valence-electron chi connectivity index (χ1n) is 5.48. The summed E-state index contributed by atoms with van der Waals surface area (Å²) in [5, 5.41) is 0. The van der Waals surface area contributed by atoms with Crippen molar-refractivity contribution in [1.82, 2.24) is 4.72 Å². The van der Waals surface area contributed by atoms with Gasteiger partial charge in [-0.1, -0.05) is 28.1 Å². The maximum atomic E-state index is 11.9. The van der Waals surface area contributed by atoms with Gasteiger partial charge in [0.05, 0.1) is 10.8 Å². The van der Waals surface area contributed by atoms with Crippen LogP contribution in [0.5, 0.6) is 0 Å². The van der Waals surface area contributed by atoms with Gasteiger partial charge in [-0.3, -0.25) is 4.79 Å². The Bertz CT molecular complexity index is 578. The molecule has 0 saturated carbocycles. The average molecular weight is 330 g/mol. The fourth-order valence-corrected chi connectivity index (χ4v) is 3.02. The predicted molar refractivity (Wildman–Crippen MR) is 71.3 cm³/mol. The van der Waals surface area contributed by atoms with Gasteiger partial charge in [-0.2, -0.15) is 0 Å². The van der Waals surface area contributed by atoms with Crippen LogP contribution in [0.1, 0.15) is 12.8 Å². The maximum absolute atomic E-state index is 11.9. The van der Waals surface area contributed by atoms with E-state index in [-0.39, 0.29) is 10.8 Å². The first kappa shape index (κ1) is 13.3. The third-order valence-electron chi connectivity index (χ3n) is 2.71. The molecule has 6 heteroatoms. The lowest BCUT2D eigenvalue weighted by Gasteiger charge is -2.10. The molecule has 1 amide bonds. The number of allylic oxidation sites excluding steroid dienone is 1. The Morgan fingerprint density at radius 2 is 1.94 bits per heavy atom. The fourth-order valence-electron chi connectivity index (χ4n) is 1.73. The lowest BCUT2D eigenvalue weighted by molar-refractivity contribution is -0.121. The Kier molecular flexibility index (Phi) is 3.87. The van der Waals surface area contributed by atoms with Crippen molar-refractivity contribution in [3.05, 3.63) is 40.9 Å². The minimum absolute atomic E-state index is 0.0843. The molecule has 0 fully saturated rings. The van der Waals surface area contributed by atoms with Crippen molar-refractivity contribution in [2.75, 3.05) is 0 Å². The monoisotopic (exact) mass is 329 g/mol. The number of amides is 1. The summed E-state index contributed by atoms with van der Waals surface area (Å²) < 4.78 is 26.8. The van der Waals surface area contributed by atoms with E-state index in [1.165, 1.54) is 12.1 Å². The zero-order chi connectivity index (χ0) is 13.2. The molecule has 1 N–H and O–H groups in total.